The first-order valence-electron chi connectivity index (χ1n) is 7.78. The van der Waals surface area contributed by atoms with Crippen LogP contribution in [0.4, 0.5) is 0 Å². The van der Waals surface area contributed by atoms with Crippen LogP contribution in [0, 0.1) is 6.92 Å². The smallest absolute Gasteiger partial charge is 0.0434 e. The normalized spacial score (nSPS) is 20.1. The Bertz CT molecular complexity index is 422. The lowest BCUT2D eigenvalue weighted by Crippen LogP contribution is -2.62. The predicted octanol–water partition coefficient (Wildman–Crippen LogP) is 2.63. The molecule has 0 amide bonds. The molecule has 2 rings (SSSR count). The Labute approximate surface area is 123 Å². The molecule has 1 aliphatic carbocycles. The maximum atomic E-state index is 5.95. The summed E-state index contributed by atoms with van der Waals surface area (Å²) in [7, 11) is 4.40. The lowest BCUT2D eigenvalue weighted by atomic mass is 9.73. The molecule has 1 aromatic carbocycles. The molecule has 1 unspecified atom stereocenters. The molecular weight excluding hydrogens is 246 g/mol. The van der Waals surface area contributed by atoms with Crippen LogP contribution in [0.2, 0.25) is 0 Å². The van der Waals surface area contributed by atoms with Gasteiger partial charge in [-0.2, -0.15) is 0 Å². The van der Waals surface area contributed by atoms with Gasteiger partial charge in [0.25, 0.3) is 0 Å². The van der Waals surface area contributed by atoms with Crippen LogP contribution in [0.3, 0.4) is 0 Å². The van der Waals surface area contributed by atoms with Gasteiger partial charge in [0.05, 0.1) is 0 Å². The van der Waals surface area contributed by atoms with Crippen molar-refractivity contribution in [2.24, 2.45) is 5.84 Å². The molecule has 1 fully saturated rings. The van der Waals surface area contributed by atoms with E-state index < -0.39 is 0 Å². The molecule has 3 N–H and O–H groups in total. The molecule has 0 spiro atoms. The second-order valence-electron chi connectivity index (χ2n) is 6.41. The summed E-state index contributed by atoms with van der Waals surface area (Å²) in [5.74, 6) is 5.95. The minimum absolute atomic E-state index is 0.190. The largest absolute Gasteiger partial charge is 0.302 e. The lowest BCUT2D eigenvalue weighted by Gasteiger charge is -2.48. The van der Waals surface area contributed by atoms with Crippen molar-refractivity contribution in [3.05, 3.63) is 35.4 Å². The first-order valence-corrected chi connectivity index (χ1v) is 7.78. The summed E-state index contributed by atoms with van der Waals surface area (Å²) in [6.07, 6.45) is 7.45. The number of aryl methyl sites for hydroxylation is 1. The molecule has 112 valence electrons. The predicted molar refractivity (Wildman–Crippen MR) is 85.5 cm³/mol. The van der Waals surface area contributed by atoms with E-state index in [1.54, 1.807) is 0 Å². The molecule has 0 bridgehead atoms. The third-order valence-corrected chi connectivity index (χ3v) is 5.15. The van der Waals surface area contributed by atoms with Crippen LogP contribution in [0.15, 0.2) is 24.3 Å². The maximum absolute atomic E-state index is 5.95. The zero-order valence-corrected chi connectivity index (χ0v) is 13.2. The van der Waals surface area contributed by atoms with Gasteiger partial charge in [-0.3, -0.25) is 11.3 Å². The van der Waals surface area contributed by atoms with Gasteiger partial charge in [-0.05, 0) is 51.4 Å². The minimum Gasteiger partial charge on any atom is -0.302 e. The SMILES string of the molecule is Cc1ccccc1CC(NN)C1(N(C)C)CCCCC1. The lowest BCUT2D eigenvalue weighted by molar-refractivity contribution is 0.0568. The number of hydrazine groups is 1. The highest BCUT2D eigenvalue weighted by Crippen LogP contribution is 2.36. The highest BCUT2D eigenvalue weighted by molar-refractivity contribution is 5.27. The second-order valence-corrected chi connectivity index (χ2v) is 6.41. The molecule has 0 aromatic heterocycles. The number of nitrogens with two attached hydrogens (primary N) is 1. The van der Waals surface area contributed by atoms with E-state index in [1.807, 2.05) is 0 Å². The second kappa shape index (κ2) is 6.70. The zero-order chi connectivity index (χ0) is 14.6. The molecule has 3 nitrogen and oxygen atoms in total. The van der Waals surface area contributed by atoms with Gasteiger partial charge in [-0.25, -0.2) is 0 Å². The van der Waals surface area contributed by atoms with Crippen molar-refractivity contribution in [1.29, 1.82) is 0 Å². The molecule has 3 heteroatoms. The van der Waals surface area contributed by atoms with Crippen LogP contribution in [-0.2, 0) is 6.42 Å². The van der Waals surface area contributed by atoms with Crippen molar-refractivity contribution in [2.45, 2.75) is 57.0 Å². The fourth-order valence-corrected chi connectivity index (χ4v) is 3.73. The number of hydrogen-bond acceptors (Lipinski definition) is 3. The number of nitrogens with zero attached hydrogens (tertiary/aromatic N) is 1. The summed E-state index contributed by atoms with van der Waals surface area (Å²) in [5, 5.41) is 0. The molecule has 1 saturated carbocycles. The van der Waals surface area contributed by atoms with Gasteiger partial charge in [0.15, 0.2) is 0 Å². The average molecular weight is 275 g/mol. The van der Waals surface area contributed by atoms with Crippen LogP contribution >= 0.6 is 0 Å². The molecule has 0 saturated heterocycles. The summed E-state index contributed by atoms with van der Waals surface area (Å²) in [5.41, 5.74) is 6.08. The number of rotatable bonds is 5. The first-order chi connectivity index (χ1) is 9.60. The zero-order valence-electron chi connectivity index (χ0n) is 13.2. The van der Waals surface area contributed by atoms with E-state index in [9.17, 15) is 0 Å². The summed E-state index contributed by atoms with van der Waals surface area (Å²) in [6.45, 7) is 2.19. The van der Waals surface area contributed by atoms with Crippen molar-refractivity contribution in [2.75, 3.05) is 14.1 Å². The van der Waals surface area contributed by atoms with Gasteiger partial charge in [0, 0.05) is 11.6 Å². The molecule has 20 heavy (non-hydrogen) atoms. The Kier molecular flexibility index (Phi) is 5.19. The van der Waals surface area contributed by atoms with Gasteiger partial charge < -0.3 is 4.90 Å². The number of nitrogens with one attached hydrogen (secondary N) is 1. The molecule has 1 atom stereocenters. The Morgan fingerprint density at radius 1 is 1.20 bits per heavy atom. The third-order valence-electron chi connectivity index (χ3n) is 5.15. The summed E-state index contributed by atoms with van der Waals surface area (Å²) >= 11 is 0. The van der Waals surface area contributed by atoms with Crippen molar-refractivity contribution in [3.63, 3.8) is 0 Å². The fourth-order valence-electron chi connectivity index (χ4n) is 3.73. The van der Waals surface area contributed by atoms with E-state index in [4.69, 9.17) is 5.84 Å². The third kappa shape index (κ3) is 3.05. The minimum atomic E-state index is 0.190. The number of benzene rings is 1. The van der Waals surface area contributed by atoms with E-state index in [2.05, 4.69) is 55.6 Å². The number of hydrogen-bond donors (Lipinski definition) is 2. The molecule has 1 aliphatic rings. The van der Waals surface area contributed by atoms with Gasteiger partial charge in [-0.15, -0.1) is 0 Å². The summed E-state index contributed by atoms with van der Waals surface area (Å²) in [4.78, 5) is 2.40. The van der Waals surface area contributed by atoms with Crippen molar-refractivity contribution in [3.8, 4) is 0 Å². The first kappa shape index (κ1) is 15.5. The fraction of sp³-hybridized carbons (Fsp3) is 0.647. The summed E-state index contributed by atoms with van der Waals surface area (Å²) < 4.78 is 0. The van der Waals surface area contributed by atoms with E-state index >= 15 is 0 Å². The van der Waals surface area contributed by atoms with Crippen molar-refractivity contribution < 1.29 is 0 Å². The molecule has 0 heterocycles. The highest BCUT2D eigenvalue weighted by Gasteiger charge is 2.41. The van der Waals surface area contributed by atoms with Gasteiger partial charge >= 0.3 is 0 Å². The van der Waals surface area contributed by atoms with E-state index in [0.717, 1.165) is 6.42 Å². The van der Waals surface area contributed by atoms with Crippen molar-refractivity contribution in [1.82, 2.24) is 10.3 Å². The molecular formula is C17H29N3. The topological polar surface area (TPSA) is 41.3 Å². The molecule has 0 aliphatic heterocycles. The number of likely N-dealkylation sites (N-methyl/N-ethyl adjacent to an activating group) is 1. The quantitative estimate of drug-likeness (QED) is 0.641. The average Bonchev–Trinajstić information content (AvgIpc) is 2.47. The van der Waals surface area contributed by atoms with E-state index in [1.165, 1.54) is 43.2 Å². The molecule has 0 radical (unpaired) electrons. The Balaban J connectivity index is 2.23. The Morgan fingerprint density at radius 3 is 2.40 bits per heavy atom. The Morgan fingerprint density at radius 2 is 1.85 bits per heavy atom. The molecule has 1 aromatic rings. The van der Waals surface area contributed by atoms with Crippen LogP contribution in [0.1, 0.15) is 43.2 Å². The van der Waals surface area contributed by atoms with Crippen LogP contribution in [-0.4, -0.2) is 30.6 Å². The van der Waals surface area contributed by atoms with Crippen LogP contribution in [0.25, 0.3) is 0 Å². The van der Waals surface area contributed by atoms with Gasteiger partial charge in [0.2, 0.25) is 0 Å². The van der Waals surface area contributed by atoms with E-state index in [-0.39, 0.29) is 5.54 Å². The van der Waals surface area contributed by atoms with Gasteiger partial charge in [-0.1, -0.05) is 43.5 Å². The van der Waals surface area contributed by atoms with Crippen LogP contribution < -0.4 is 11.3 Å². The van der Waals surface area contributed by atoms with Gasteiger partial charge in [0.1, 0.15) is 0 Å². The standard InChI is InChI=1S/C17H29N3/c1-14-9-5-6-10-15(14)13-16(19-18)17(20(2)3)11-7-4-8-12-17/h5-6,9-10,16,19H,4,7-8,11-13,18H2,1-3H3. The summed E-state index contributed by atoms with van der Waals surface area (Å²) in [6, 6.07) is 8.95. The van der Waals surface area contributed by atoms with Crippen LogP contribution in [0.5, 0.6) is 0 Å². The van der Waals surface area contributed by atoms with Crippen molar-refractivity contribution >= 4 is 0 Å². The van der Waals surface area contributed by atoms with E-state index in [0.29, 0.717) is 6.04 Å². The Hall–Kier alpha value is -0.900. The monoisotopic (exact) mass is 275 g/mol. The highest BCUT2D eigenvalue weighted by atomic mass is 15.3. The maximum Gasteiger partial charge on any atom is 0.0434 e.